The van der Waals surface area contributed by atoms with Crippen molar-refractivity contribution in [1.29, 1.82) is 5.26 Å². The molecule has 0 saturated heterocycles. The maximum Gasteiger partial charge on any atom is 0.139 e. The van der Waals surface area contributed by atoms with E-state index < -0.39 is 0 Å². The molecule has 0 aromatic heterocycles. The molecule has 2 aromatic rings. The Kier molecular flexibility index (Phi) is 4.61. The molecule has 0 heterocycles. The van der Waals surface area contributed by atoms with Crippen LogP contribution in [0.3, 0.4) is 0 Å². The predicted molar refractivity (Wildman–Crippen MR) is 81.6 cm³/mol. The minimum absolute atomic E-state index is 0.0108. The van der Waals surface area contributed by atoms with Crippen LogP contribution in [-0.2, 0) is 6.54 Å². The van der Waals surface area contributed by atoms with Crippen molar-refractivity contribution in [2.75, 3.05) is 5.32 Å². The molecular weight excluding hydrogens is 319 g/mol. The van der Waals surface area contributed by atoms with E-state index in [9.17, 15) is 5.11 Å². The smallest absolute Gasteiger partial charge is 0.139 e. The third-order valence-electron chi connectivity index (χ3n) is 2.68. The first kappa shape index (κ1) is 14.8. The molecule has 6 heteroatoms. The molecule has 0 saturated carbocycles. The minimum atomic E-state index is -0.0108. The number of benzene rings is 2. The fourth-order valence-electron chi connectivity index (χ4n) is 1.67. The molecule has 0 atom stereocenters. The topological polar surface area (TPSA) is 56.0 Å². The van der Waals surface area contributed by atoms with Crippen LogP contribution in [0.4, 0.5) is 5.69 Å². The van der Waals surface area contributed by atoms with Crippen LogP contribution in [0.5, 0.6) is 5.75 Å². The summed E-state index contributed by atoms with van der Waals surface area (Å²) in [6.07, 6.45) is 0. The fourth-order valence-corrected chi connectivity index (χ4v) is 2.43. The highest BCUT2D eigenvalue weighted by molar-refractivity contribution is 6.35. The van der Waals surface area contributed by atoms with Gasteiger partial charge in [-0.2, -0.15) is 5.26 Å². The van der Waals surface area contributed by atoms with Gasteiger partial charge in [0.1, 0.15) is 11.8 Å². The van der Waals surface area contributed by atoms with E-state index in [0.29, 0.717) is 27.7 Å². The molecule has 0 unspecified atom stereocenters. The Balaban J connectivity index is 2.17. The molecule has 0 aliphatic rings. The van der Waals surface area contributed by atoms with Crippen molar-refractivity contribution < 1.29 is 5.11 Å². The third-order valence-corrected chi connectivity index (χ3v) is 3.50. The molecule has 0 aliphatic carbocycles. The van der Waals surface area contributed by atoms with E-state index in [2.05, 4.69) is 5.32 Å². The van der Waals surface area contributed by atoms with Crippen molar-refractivity contribution in [3.05, 3.63) is 56.5 Å². The van der Waals surface area contributed by atoms with E-state index in [1.54, 1.807) is 24.3 Å². The highest BCUT2D eigenvalue weighted by Gasteiger charge is 2.08. The van der Waals surface area contributed by atoms with Crippen molar-refractivity contribution in [3.63, 3.8) is 0 Å². The average molecular weight is 328 g/mol. The molecule has 3 nitrogen and oxygen atoms in total. The van der Waals surface area contributed by atoms with E-state index in [4.69, 9.17) is 40.1 Å². The van der Waals surface area contributed by atoms with Crippen LogP contribution < -0.4 is 5.32 Å². The molecule has 0 aliphatic heterocycles. The Bertz CT molecular complexity index is 696. The summed E-state index contributed by atoms with van der Waals surface area (Å²) in [4.78, 5) is 0. The lowest BCUT2D eigenvalue weighted by atomic mass is 10.2. The number of nitrogens with zero attached hydrogens (tertiary/aromatic N) is 1. The van der Waals surface area contributed by atoms with Crippen LogP contribution in [0.1, 0.15) is 11.1 Å². The zero-order chi connectivity index (χ0) is 14.7. The summed E-state index contributed by atoms with van der Waals surface area (Å²) < 4.78 is 0. The highest BCUT2D eigenvalue weighted by Crippen LogP contribution is 2.31. The minimum Gasteiger partial charge on any atom is -0.506 e. The Hall–Kier alpha value is -1.60. The maximum absolute atomic E-state index is 9.84. The van der Waals surface area contributed by atoms with Gasteiger partial charge in [-0.3, -0.25) is 0 Å². The Morgan fingerprint density at radius 2 is 1.85 bits per heavy atom. The van der Waals surface area contributed by atoms with Gasteiger partial charge in [-0.25, -0.2) is 0 Å². The lowest BCUT2D eigenvalue weighted by Gasteiger charge is -2.10. The van der Waals surface area contributed by atoms with Crippen LogP contribution in [0.25, 0.3) is 0 Å². The van der Waals surface area contributed by atoms with Gasteiger partial charge in [0.2, 0.25) is 0 Å². The number of nitriles is 1. The first-order valence-corrected chi connectivity index (χ1v) is 6.75. The van der Waals surface area contributed by atoms with Crippen molar-refractivity contribution in [1.82, 2.24) is 0 Å². The number of hydrogen-bond donors (Lipinski definition) is 2. The number of rotatable bonds is 3. The Morgan fingerprint density at radius 1 is 1.10 bits per heavy atom. The van der Waals surface area contributed by atoms with Gasteiger partial charge in [0.05, 0.1) is 15.6 Å². The zero-order valence-corrected chi connectivity index (χ0v) is 12.4. The maximum atomic E-state index is 9.84. The number of phenolic OH excluding ortho intramolecular Hbond substituents is 1. The highest BCUT2D eigenvalue weighted by atomic mass is 35.5. The van der Waals surface area contributed by atoms with E-state index in [-0.39, 0.29) is 10.8 Å². The largest absolute Gasteiger partial charge is 0.506 e. The first-order valence-electron chi connectivity index (χ1n) is 5.61. The van der Waals surface area contributed by atoms with Gasteiger partial charge in [0.15, 0.2) is 0 Å². The second kappa shape index (κ2) is 6.23. The van der Waals surface area contributed by atoms with Crippen LogP contribution in [-0.4, -0.2) is 5.11 Å². The molecular formula is C14H9Cl3N2O. The van der Waals surface area contributed by atoms with E-state index in [1.807, 2.05) is 6.07 Å². The van der Waals surface area contributed by atoms with Crippen LogP contribution in [0.2, 0.25) is 15.1 Å². The second-order valence-corrected chi connectivity index (χ2v) is 5.31. The summed E-state index contributed by atoms with van der Waals surface area (Å²) >= 11 is 17.7. The molecule has 102 valence electrons. The van der Waals surface area contributed by atoms with Gasteiger partial charge < -0.3 is 10.4 Å². The van der Waals surface area contributed by atoms with Crippen LogP contribution in [0.15, 0.2) is 30.3 Å². The van der Waals surface area contributed by atoms with Gasteiger partial charge in [0.25, 0.3) is 0 Å². The standard InChI is InChI=1S/C14H9Cl3N2O/c15-10-3-9(14(20)13(17)4-10)7-19-11-2-1-8(6-18)12(16)5-11/h1-5,19-20H,7H2. The Morgan fingerprint density at radius 3 is 2.50 bits per heavy atom. The number of halogens is 3. The van der Waals surface area contributed by atoms with Gasteiger partial charge in [-0.1, -0.05) is 34.8 Å². The lowest BCUT2D eigenvalue weighted by Crippen LogP contribution is -2.00. The van der Waals surface area contributed by atoms with E-state index in [0.717, 1.165) is 5.69 Å². The predicted octanol–water partition coefficient (Wildman–Crippen LogP) is 4.84. The molecule has 2 rings (SSSR count). The molecule has 0 bridgehead atoms. The third kappa shape index (κ3) is 3.29. The monoisotopic (exact) mass is 326 g/mol. The molecule has 0 fully saturated rings. The van der Waals surface area contributed by atoms with Gasteiger partial charge in [-0.15, -0.1) is 0 Å². The number of aromatic hydroxyl groups is 1. The second-order valence-electron chi connectivity index (χ2n) is 4.06. The summed E-state index contributed by atoms with van der Waals surface area (Å²) in [7, 11) is 0. The molecule has 0 radical (unpaired) electrons. The summed E-state index contributed by atoms with van der Waals surface area (Å²) in [5.41, 5.74) is 1.71. The van der Waals surface area contributed by atoms with Crippen LogP contribution in [0, 0.1) is 11.3 Å². The summed E-state index contributed by atoms with van der Waals surface area (Å²) in [6, 6.07) is 10.1. The quantitative estimate of drug-likeness (QED) is 0.848. The number of nitrogens with one attached hydrogen (secondary N) is 1. The lowest BCUT2D eigenvalue weighted by molar-refractivity contribution is 0.469. The molecule has 0 spiro atoms. The fraction of sp³-hybridized carbons (Fsp3) is 0.0714. The van der Waals surface area contributed by atoms with Crippen molar-refractivity contribution in [2.24, 2.45) is 0 Å². The SMILES string of the molecule is N#Cc1ccc(NCc2cc(Cl)cc(Cl)c2O)cc1Cl. The van der Waals surface area contributed by atoms with Gasteiger partial charge >= 0.3 is 0 Å². The Labute approximate surface area is 131 Å². The van der Waals surface area contributed by atoms with Crippen LogP contribution >= 0.6 is 34.8 Å². The first-order chi connectivity index (χ1) is 9.51. The van der Waals surface area contributed by atoms with E-state index in [1.165, 1.54) is 6.07 Å². The van der Waals surface area contributed by atoms with Crippen molar-refractivity contribution in [2.45, 2.75) is 6.54 Å². The van der Waals surface area contributed by atoms with Crippen molar-refractivity contribution in [3.8, 4) is 11.8 Å². The molecule has 0 amide bonds. The molecule has 2 N–H and O–H groups in total. The summed E-state index contributed by atoms with van der Waals surface area (Å²) in [6.45, 7) is 0.328. The zero-order valence-electron chi connectivity index (χ0n) is 10.1. The van der Waals surface area contributed by atoms with Gasteiger partial charge in [-0.05, 0) is 30.3 Å². The summed E-state index contributed by atoms with van der Waals surface area (Å²) in [5, 5.41) is 22.7. The van der Waals surface area contributed by atoms with Crippen molar-refractivity contribution >= 4 is 40.5 Å². The number of anilines is 1. The number of hydrogen-bond acceptors (Lipinski definition) is 3. The number of phenols is 1. The summed E-state index contributed by atoms with van der Waals surface area (Å²) in [5.74, 6) is -0.0108. The van der Waals surface area contributed by atoms with E-state index >= 15 is 0 Å². The molecule has 2 aromatic carbocycles. The van der Waals surface area contributed by atoms with Gasteiger partial charge in [0, 0.05) is 22.8 Å². The molecule has 20 heavy (non-hydrogen) atoms. The normalized spacial score (nSPS) is 10.1. The average Bonchev–Trinajstić information content (AvgIpc) is 2.41.